The Kier molecular flexibility index (Phi) is 3.07. The summed E-state index contributed by atoms with van der Waals surface area (Å²) in [6, 6.07) is 5.93. The Morgan fingerprint density at radius 3 is 3.17 bits per heavy atom. The Morgan fingerprint density at radius 2 is 2.28 bits per heavy atom. The average Bonchev–Trinajstić information content (AvgIpc) is 3.05. The van der Waals surface area contributed by atoms with Crippen molar-refractivity contribution >= 4 is 17.0 Å². The number of nitrogens with zero attached hydrogens (tertiary/aromatic N) is 3. The fraction of sp³-hybridized carbons (Fsp3) is 0.143. The first-order valence-corrected chi connectivity index (χ1v) is 6.66. The number of thiophene rings is 1. The Balaban J connectivity index is 1.66. The average molecular weight is 253 g/mol. The highest BCUT2D eigenvalue weighted by atomic mass is 32.1. The van der Waals surface area contributed by atoms with Gasteiger partial charge in [-0.3, -0.25) is 0 Å². The van der Waals surface area contributed by atoms with E-state index < -0.39 is 0 Å². The predicted molar refractivity (Wildman–Crippen MR) is 72.5 cm³/mol. The van der Waals surface area contributed by atoms with E-state index in [-0.39, 0.29) is 0 Å². The largest absolute Gasteiger partial charge is 0.234 e. The van der Waals surface area contributed by atoms with E-state index in [1.54, 1.807) is 22.0 Å². The Hall–Kier alpha value is -2.12. The first kappa shape index (κ1) is 11.0. The van der Waals surface area contributed by atoms with Gasteiger partial charge in [0.2, 0.25) is 0 Å². The minimum absolute atomic E-state index is 0.827. The molecule has 0 bridgehead atoms. The number of rotatable bonds is 2. The number of aryl methyl sites for hydroxylation is 1. The third kappa shape index (κ3) is 2.41. The van der Waals surface area contributed by atoms with Crippen LogP contribution in [0, 0.1) is 11.8 Å². The molecule has 0 atom stereocenters. The molecule has 0 radical (unpaired) electrons. The molecular weight excluding hydrogens is 242 g/mol. The van der Waals surface area contributed by atoms with E-state index in [2.05, 4.69) is 27.3 Å². The van der Waals surface area contributed by atoms with Crippen LogP contribution in [0.1, 0.15) is 17.7 Å². The van der Waals surface area contributed by atoms with Gasteiger partial charge in [0.1, 0.15) is 0 Å². The smallest absolute Gasteiger partial charge is 0.155 e. The van der Waals surface area contributed by atoms with Crippen molar-refractivity contribution in [1.29, 1.82) is 0 Å². The van der Waals surface area contributed by atoms with Crippen LogP contribution in [0.2, 0.25) is 0 Å². The first-order valence-electron chi connectivity index (χ1n) is 5.72. The maximum atomic E-state index is 4.50. The molecule has 3 rings (SSSR count). The highest BCUT2D eigenvalue weighted by Crippen LogP contribution is 2.05. The van der Waals surface area contributed by atoms with Gasteiger partial charge in [-0.25, -0.2) is 9.50 Å². The fourth-order valence-electron chi connectivity index (χ4n) is 1.68. The van der Waals surface area contributed by atoms with Crippen molar-refractivity contribution in [2.24, 2.45) is 0 Å². The van der Waals surface area contributed by atoms with E-state index in [1.807, 2.05) is 29.8 Å². The standard InChI is InChI=1S/C14H11N3S/c1(3-12-7-10-18-11-12)2-4-13-6-9-17-14(16-13)5-8-15-17/h5-11H,2,4H2. The second-order valence-corrected chi connectivity index (χ2v) is 4.65. The lowest BCUT2D eigenvalue weighted by Crippen LogP contribution is -1.94. The summed E-state index contributed by atoms with van der Waals surface area (Å²) in [5.41, 5.74) is 3.04. The van der Waals surface area contributed by atoms with Crippen LogP contribution in [0.4, 0.5) is 0 Å². The Labute approximate surface area is 109 Å². The van der Waals surface area contributed by atoms with Crippen molar-refractivity contribution in [3.05, 3.63) is 52.6 Å². The van der Waals surface area contributed by atoms with Gasteiger partial charge in [0.25, 0.3) is 0 Å². The molecule has 0 aliphatic heterocycles. The van der Waals surface area contributed by atoms with Crippen LogP contribution in [0.3, 0.4) is 0 Å². The van der Waals surface area contributed by atoms with E-state index in [0.29, 0.717) is 0 Å². The van der Waals surface area contributed by atoms with Gasteiger partial charge in [-0.1, -0.05) is 11.8 Å². The van der Waals surface area contributed by atoms with Gasteiger partial charge in [0.05, 0.1) is 6.20 Å². The van der Waals surface area contributed by atoms with Gasteiger partial charge in [-0.05, 0) is 17.5 Å². The minimum Gasteiger partial charge on any atom is -0.234 e. The molecular formula is C14H11N3S. The predicted octanol–water partition coefficient (Wildman–Crippen LogP) is 2.78. The van der Waals surface area contributed by atoms with Crippen molar-refractivity contribution in [3.63, 3.8) is 0 Å². The topological polar surface area (TPSA) is 30.2 Å². The SMILES string of the molecule is C(#Cc1ccsc1)CCc1ccn2nccc2n1. The van der Waals surface area contributed by atoms with E-state index in [4.69, 9.17) is 0 Å². The molecule has 3 heterocycles. The highest BCUT2D eigenvalue weighted by Gasteiger charge is 1.97. The lowest BCUT2D eigenvalue weighted by atomic mass is 10.2. The van der Waals surface area contributed by atoms with Gasteiger partial charge in [-0.15, -0.1) is 0 Å². The quantitative estimate of drug-likeness (QED) is 0.657. The number of fused-ring (bicyclic) bond motifs is 1. The van der Waals surface area contributed by atoms with Crippen LogP contribution < -0.4 is 0 Å². The molecule has 0 saturated heterocycles. The first-order chi connectivity index (χ1) is 8.92. The summed E-state index contributed by atoms with van der Waals surface area (Å²) >= 11 is 1.67. The normalized spacial score (nSPS) is 10.2. The molecule has 0 saturated carbocycles. The summed E-state index contributed by atoms with van der Waals surface area (Å²) in [6.07, 6.45) is 5.39. The van der Waals surface area contributed by atoms with E-state index in [0.717, 1.165) is 29.7 Å². The van der Waals surface area contributed by atoms with E-state index in [9.17, 15) is 0 Å². The Morgan fingerprint density at radius 1 is 1.28 bits per heavy atom. The van der Waals surface area contributed by atoms with Crippen LogP contribution in [0.25, 0.3) is 5.65 Å². The second kappa shape index (κ2) is 5.03. The van der Waals surface area contributed by atoms with Gasteiger partial charge < -0.3 is 0 Å². The van der Waals surface area contributed by atoms with E-state index in [1.165, 1.54) is 0 Å². The minimum atomic E-state index is 0.827. The molecule has 0 amide bonds. The molecule has 0 N–H and O–H groups in total. The van der Waals surface area contributed by atoms with Crippen LogP contribution in [-0.4, -0.2) is 14.6 Å². The molecule has 0 unspecified atom stereocenters. The van der Waals surface area contributed by atoms with Crippen molar-refractivity contribution in [3.8, 4) is 11.8 Å². The third-order valence-electron chi connectivity index (χ3n) is 2.58. The summed E-state index contributed by atoms with van der Waals surface area (Å²) in [5, 5.41) is 8.22. The number of hydrogen-bond donors (Lipinski definition) is 0. The van der Waals surface area contributed by atoms with Crippen LogP contribution in [0.15, 0.2) is 41.4 Å². The lowest BCUT2D eigenvalue weighted by molar-refractivity contribution is 0.895. The van der Waals surface area contributed by atoms with Crippen molar-refractivity contribution in [1.82, 2.24) is 14.6 Å². The summed E-state index contributed by atoms with van der Waals surface area (Å²) in [4.78, 5) is 4.50. The molecule has 0 aromatic carbocycles. The maximum absolute atomic E-state index is 4.50. The highest BCUT2D eigenvalue weighted by molar-refractivity contribution is 7.08. The van der Waals surface area contributed by atoms with Gasteiger partial charge in [-0.2, -0.15) is 16.4 Å². The Bertz CT molecular complexity index is 701. The fourth-order valence-corrected chi connectivity index (χ4v) is 2.27. The molecule has 3 aromatic heterocycles. The molecule has 3 nitrogen and oxygen atoms in total. The van der Waals surface area contributed by atoms with E-state index >= 15 is 0 Å². The van der Waals surface area contributed by atoms with Crippen LogP contribution in [-0.2, 0) is 6.42 Å². The summed E-state index contributed by atoms with van der Waals surface area (Å²) in [6.45, 7) is 0. The van der Waals surface area contributed by atoms with Crippen LogP contribution >= 0.6 is 11.3 Å². The molecule has 4 heteroatoms. The second-order valence-electron chi connectivity index (χ2n) is 3.87. The molecule has 88 valence electrons. The van der Waals surface area contributed by atoms with Crippen molar-refractivity contribution in [2.75, 3.05) is 0 Å². The molecule has 0 aliphatic rings. The number of hydrogen-bond acceptors (Lipinski definition) is 3. The molecule has 18 heavy (non-hydrogen) atoms. The summed E-state index contributed by atoms with van der Waals surface area (Å²) < 4.78 is 1.76. The van der Waals surface area contributed by atoms with Gasteiger partial charge in [0, 0.05) is 41.7 Å². The molecule has 0 spiro atoms. The third-order valence-corrected chi connectivity index (χ3v) is 3.26. The zero-order valence-corrected chi connectivity index (χ0v) is 10.5. The monoisotopic (exact) mass is 253 g/mol. The zero-order valence-electron chi connectivity index (χ0n) is 9.71. The summed E-state index contributed by atoms with van der Waals surface area (Å²) in [5.74, 6) is 6.31. The molecule has 0 aliphatic carbocycles. The van der Waals surface area contributed by atoms with Crippen molar-refractivity contribution in [2.45, 2.75) is 12.8 Å². The van der Waals surface area contributed by atoms with Crippen molar-refractivity contribution < 1.29 is 0 Å². The lowest BCUT2D eigenvalue weighted by Gasteiger charge is -1.97. The van der Waals surface area contributed by atoms with Gasteiger partial charge >= 0.3 is 0 Å². The maximum Gasteiger partial charge on any atom is 0.155 e. The zero-order chi connectivity index (χ0) is 12.2. The summed E-state index contributed by atoms with van der Waals surface area (Å²) in [7, 11) is 0. The van der Waals surface area contributed by atoms with Crippen LogP contribution in [0.5, 0.6) is 0 Å². The number of aromatic nitrogens is 3. The molecule has 3 aromatic rings. The molecule has 0 fully saturated rings. The van der Waals surface area contributed by atoms with Gasteiger partial charge in [0.15, 0.2) is 5.65 Å².